The van der Waals surface area contributed by atoms with E-state index in [0.29, 0.717) is 0 Å². The molecular weight excluding hydrogens is 823 g/mol. The third-order valence-corrected chi connectivity index (χ3v) is 13.7. The number of fused-ring (bicyclic) bond motifs is 7. The Kier molecular flexibility index (Phi) is 9.54. The molecule has 0 spiro atoms. The van der Waals surface area contributed by atoms with E-state index in [1.54, 1.807) is 0 Å². The van der Waals surface area contributed by atoms with Crippen molar-refractivity contribution in [1.82, 2.24) is 0 Å². The average Bonchev–Trinajstić information content (AvgIpc) is 3.81. The van der Waals surface area contributed by atoms with E-state index in [1.807, 2.05) is 12.1 Å². The van der Waals surface area contributed by atoms with Crippen molar-refractivity contribution in [2.75, 3.05) is 4.90 Å². The molecule has 0 saturated heterocycles. The first kappa shape index (κ1) is 39.4. The van der Waals surface area contributed by atoms with Gasteiger partial charge in [0.1, 0.15) is 11.2 Å². The fraction of sp³-hybridized carbons (Fsp3) is 0. The molecule has 13 rings (SSSR count). The Balaban J connectivity index is 0.915. The van der Waals surface area contributed by atoms with Crippen LogP contribution in [0.3, 0.4) is 0 Å². The van der Waals surface area contributed by atoms with E-state index >= 15 is 0 Å². The Hall–Kier alpha value is -8.98. The minimum absolute atomic E-state index is 0.896. The van der Waals surface area contributed by atoms with Gasteiger partial charge in [0.05, 0.1) is 0 Å². The van der Waals surface area contributed by atoms with Gasteiger partial charge in [-0.3, -0.25) is 0 Å². The summed E-state index contributed by atoms with van der Waals surface area (Å²) in [5.74, 6) is 0. The van der Waals surface area contributed by atoms with Crippen LogP contribution in [0.4, 0.5) is 17.1 Å². The highest BCUT2D eigenvalue weighted by molar-refractivity contribution is 6.21. The number of furan rings is 1. The zero-order valence-corrected chi connectivity index (χ0v) is 37.2. The fourth-order valence-electron chi connectivity index (χ4n) is 10.5. The maximum atomic E-state index is 6.29. The van der Waals surface area contributed by atoms with Crippen LogP contribution in [0.5, 0.6) is 0 Å². The second-order valence-corrected chi connectivity index (χ2v) is 17.6. The number of nitrogens with zero attached hydrogens (tertiary/aromatic N) is 1. The molecular formula is C66H43NO. The first-order valence-corrected chi connectivity index (χ1v) is 23.3. The van der Waals surface area contributed by atoms with E-state index in [0.717, 1.165) is 50.1 Å². The zero-order chi connectivity index (χ0) is 45.0. The van der Waals surface area contributed by atoms with Gasteiger partial charge in [0.2, 0.25) is 0 Å². The molecule has 0 amide bonds. The van der Waals surface area contributed by atoms with E-state index in [1.165, 1.54) is 76.8 Å². The van der Waals surface area contributed by atoms with Crippen LogP contribution in [0.2, 0.25) is 0 Å². The summed E-state index contributed by atoms with van der Waals surface area (Å²) in [6.45, 7) is 0. The third-order valence-electron chi connectivity index (χ3n) is 13.7. The first-order valence-electron chi connectivity index (χ1n) is 23.3. The van der Waals surface area contributed by atoms with Gasteiger partial charge < -0.3 is 9.32 Å². The summed E-state index contributed by atoms with van der Waals surface area (Å²) in [6, 6.07) is 94.4. The summed E-state index contributed by atoms with van der Waals surface area (Å²) in [4.78, 5) is 2.37. The number of benzene rings is 12. The lowest BCUT2D eigenvalue weighted by molar-refractivity contribution is 0.669. The van der Waals surface area contributed by atoms with Crippen molar-refractivity contribution >= 4 is 71.3 Å². The van der Waals surface area contributed by atoms with Crippen molar-refractivity contribution in [2.24, 2.45) is 0 Å². The Morgan fingerprint density at radius 3 is 1.26 bits per heavy atom. The van der Waals surface area contributed by atoms with E-state index in [9.17, 15) is 0 Å². The molecule has 0 fully saturated rings. The van der Waals surface area contributed by atoms with Gasteiger partial charge in [-0.1, -0.05) is 212 Å². The highest BCUT2D eigenvalue weighted by atomic mass is 16.3. The van der Waals surface area contributed by atoms with Crippen LogP contribution in [0, 0.1) is 0 Å². The highest BCUT2D eigenvalue weighted by Gasteiger charge is 2.20. The van der Waals surface area contributed by atoms with Crippen molar-refractivity contribution in [2.45, 2.75) is 0 Å². The lowest BCUT2D eigenvalue weighted by Gasteiger charge is -2.26. The first-order chi connectivity index (χ1) is 33.7. The van der Waals surface area contributed by atoms with Crippen molar-refractivity contribution < 1.29 is 4.42 Å². The smallest absolute Gasteiger partial charge is 0.136 e. The SMILES string of the molecule is c1ccc(-c2c(-c3ccc(N(c4ccc(-c5ccc(-c6cccc7ccccc67)cc5)cc4)c4ccc(-c5cccc6oc7ccccc7c56)cc4)cc3)c3ccccc3c3ccccc23)cc1. The van der Waals surface area contributed by atoms with Crippen molar-refractivity contribution in [3.8, 4) is 55.6 Å². The zero-order valence-electron chi connectivity index (χ0n) is 37.2. The molecule has 2 heteroatoms. The molecule has 12 aromatic carbocycles. The van der Waals surface area contributed by atoms with E-state index in [4.69, 9.17) is 4.42 Å². The Morgan fingerprint density at radius 1 is 0.235 bits per heavy atom. The van der Waals surface area contributed by atoms with Gasteiger partial charge in [-0.2, -0.15) is 0 Å². The average molecular weight is 866 g/mol. The van der Waals surface area contributed by atoms with Crippen LogP contribution in [-0.4, -0.2) is 0 Å². The molecule has 13 aromatic rings. The molecule has 1 heterocycles. The monoisotopic (exact) mass is 865 g/mol. The number of hydrogen-bond donors (Lipinski definition) is 0. The number of hydrogen-bond acceptors (Lipinski definition) is 2. The molecule has 0 bridgehead atoms. The van der Waals surface area contributed by atoms with Crippen LogP contribution >= 0.6 is 0 Å². The molecule has 0 saturated carbocycles. The fourth-order valence-corrected chi connectivity index (χ4v) is 10.5. The molecule has 1 aromatic heterocycles. The number of anilines is 3. The van der Waals surface area contributed by atoms with Gasteiger partial charge in [-0.25, -0.2) is 0 Å². The molecule has 318 valence electrons. The summed E-state index contributed by atoms with van der Waals surface area (Å²) >= 11 is 0. The van der Waals surface area contributed by atoms with Crippen LogP contribution in [0.25, 0.3) is 110 Å². The predicted octanol–water partition coefficient (Wildman–Crippen LogP) is 18.9. The highest BCUT2D eigenvalue weighted by Crippen LogP contribution is 2.46. The Bertz CT molecular complexity index is 3970. The van der Waals surface area contributed by atoms with Crippen molar-refractivity contribution in [3.63, 3.8) is 0 Å². The van der Waals surface area contributed by atoms with Crippen molar-refractivity contribution in [1.29, 1.82) is 0 Å². The van der Waals surface area contributed by atoms with Gasteiger partial charge in [0, 0.05) is 27.8 Å². The van der Waals surface area contributed by atoms with Gasteiger partial charge in [0.15, 0.2) is 0 Å². The molecule has 0 aliphatic carbocycles. The second kappa shape index (κ2) is 16.5. The van der Waals surface area contributed by atoms with Crippen LogP contribution in [0.1, 0.15) is 0 Å². The third kappa shape index (κ3) is 6.73. The number of rotatable bonds is 8. The summed E-state index contributed by atoms with van der Waals surface area (Å²) in [6.07, 6.45) is 0. The Morgan fingerprint density at radius 2 is 0.632 bits per heavy atom. The lowest BCUT2D eigenvalue weighted by Crippen LogP contribution is -2.09. The summed E-state index contributed by atoms with van der Waals surface area (Å²) in [5.41, 5.74) is 17.0. The minimum Gasteiger partial charge on any atom is -0.456 e. The van der Waals surface area contributed by atoms with E-state index < -0.39 is 0 Å². The minimum atomic E-state index is 0.896. The predicted molar refractivity (Wildman–Crippen MR) is 288 cm³/mol. The molecule has 2 nitrogen and oxygen atoms in total. The van der Waals surface area contributed by atoms with Gasteiger partial charge >= 0.3 is 0 Å². The molecule has 0 radical (unpaired) electrons. The number of para-hydroxylation sites is 1. The van der Waals surface area contributed by atoms with Crippen LogP contribution in [0.15, 0.2) is 265 Å². The van der Waals surface area contributed by atoms with E-state index in [2.05, 4.69) is 254 Å². The molecule has 0 atom stereocenters. The van der Waals surface area contributed by atoms with E-state index in [-0.39, 0.29) is 0 Å². The van der Waals surface area contributed by atoms with Gasteiger partial charge in [-0.05, 0) is 136 Å². The normalized spacial score (nSPS) is 11.5. The standard InChI is InChI=1S/C66H43NO/c1-2-15-49(16-3-1)64-59-21-8-6-19-57(59)58-20-7-9-22-60(58)65(64)50-36-42-53(43-37-50)67(52-40-34-48(35-41-52)56-25-13-27-63-66(56)61-23-10-11-26-62(61)68-63)51-38-32-45(33-39-51)44-28-30-47(31-29-44)55-24-12-17-46-14-4-5-18-54(46)55/h1-43H. The Labute approximate surface area is 395 Å². The molecule has 0 aliphatic rings. The van der Waals surface area contributed by atoms with Crippen LogP contribution in [-0.2, 0) is 0 Å². The molecule has 0 unspecified atom stereocenters. The van der Waals surface area contributed by atoms with Crippen molar-refractivity contribution in [3.05, 3.63) is 261 Å². The van der Waals surface area contributed by atoms with Crippen LogP contribution < -0.4 is 4.90 Å². The van der Waals surface area contributed by atoms with Gasteiger partial charge in [0.25, 0.3) is 0 Å². The molecule has 0 N–H and O–H groups in total. The largest absolute Gasteiger partial charge is 0.456 e. The van der Waals surface area contributed by atoms with Gasteiger partial charge in [-0.15, -0.1) is 0 Å². The second-order valence-electron chi connectivity index (χ2n) is 17.6. The summed E-state index contributed by atoms with van der Waals surface area (Å²) < 4.78 is 6.29. The quantitative estimate of drug-likeness (QED) is 0.142. The molecule has 68 heavy (non-hydrogen) atoms. The lowest BCUT2D eigenvalue weighted by atomic mass is 9.85. The molecule has 0 aliphatic heterocycles. The maximum absolute atomic E-state index is 6.29. The summed E-state index contributed by atoms with van der Waals surface area (Å²) in [7, 11) is 0. The summed E-state index contributed by atoms with van der Waals surface area (Å²) in [5, 5.41) is 9.79. The maximum Gasteiger partial charge on any atom is 0.136 e. The topological polar surface area (TPSA) is 16.4 Å².